The third kappa shape index (κ3) is 10.2. The van der Waals surface area contributed by atoms with Crippen LogP contribution >= 0.6 is 0 Å². The Morgan fingerprint density at radius 3 is 1.06 bits per heavy atom. The van der Waals surface area contributed by atoms with Gasteiger partial charge in [-0.15, -0.1) is 0 Å². The molecule has 3 aliphatic carbocycles. The summed E-state index contributed by atoms with van der Waals surface area (Å²) in [5.74, 6) is -13.4. The SMILES string of the molecule is Cc1ccc2c(c1)C(CCCCCCCCS(=O)(=O)O)(CCCCCCCCS(=O)(=O)O)c1cc(-c3c(F)c(F)c(-c4ccc5c(c4)C4(c6ccccc6-c6ccc(-c7c(F)c(F)c(C)c(F)c7F)cc64)c4ccccc4-5)c(F)c3F)ccc1-2. The molecule has 6 nitrogen and oxygen atoms in total. The van der Waals surface area contributed by atoms with E-state index in [-0.39, 0.29) is 28.2 Å². The van der Waals surface area contributed by atoms with Crippen molar-refractivity contribution in [2.75, 3.05) is 11.5 Å². The van der Waals surface area contributed by atoms with E-state index in [9.17, 15) is 25.9 Å². The zero-order valence-electron chi connectivity index (χ0n) is 46.2. The van der Waals surface area contributed by atoms with Gasteiger partial charge in [0.15, 0.2) is 46.5 Å². The van der Waals surface area contributed by atoms with Gasteiger partial charge in [-0.3, -0.25) is 9.11 Å². The van der Waals surface area contributed by atoms with E-state index in [4.69, 9.17) is 0 Å². The van der Waals surface area contributed by atoms with E-state index < -0.39 is 99.9 Å². The Bertz CT molecular complexity index is 4080. The molecule has 0 radical (unpaired) electrons. The largest absolute Gasteiger partial charge is 0.286 e. The van der Waals surface area contributed by atoms with Gasteiger partial charge in [0, 0.05) is 11.0 Å². The van der Waals surface area contributed by atoms with Crippen LogP contribution in [0.1, 0.15) is 134 Å². The maximum absolute atomic E-state index is 17.4. The van der Waals surface area contributed by atoms with Crippen LogP contribution in [0.15, 0.2) is 121 Å². The molecular formula is C68H60F8O6S2. The van der Waals surface area contributed by atoms with Gasteiger partial charge < -0.3 is 0 Å². The summed E-state index contributed by atoms with van der Waals surface area (Å²) in [6.45, 7) is 2.91. The summed E-state index contributed by atoms with van der Waals surface area (Å²) in [6, 6.07) is 34.4. The fraction of sp³-hybridized carbons (Fsp3) is 0.294. The molecular weight excluding hydrogens is 1130 g/mol. The molecule has 0 saturated carbocycles. The molecule has 0 aromatic heterocycles. The monoisotopic (exact) mass is 1190 g/mol. The number of rotatable bonds is 21. The number of fused-ring (bicyclic) bond motifs is 13. The van der Waals surface area contributed by atoms with Crippen molar-refractivity contribution in [2.24, 2.45) is 0 Å². The smallest absolute Gasteiger partial charge is 0.264 e. The van der Waals surface area contributed by atoms with Crippen LogP contribution < -0.4 is 0 Å². The second-order valence-electron chi connectivity index (χ2n) is 22.8. The normalized spacial score (nSPS) is 15.3. The van der Waals surface area contributed by atoms with Gasteiger partial charge in [-0.2, -0.15) is 16.8 Å². The van der Waals surface area contributed by atoms with Crippen molar-refractivity contribution in [3.05, 3.63) is 212 Å². The Kier molecular flexibility index (Phi) is 15.9. The van der Waals surface area contributed by atoms with Crippen molar-refractivity contribution in [2.45, 2.75) is 115 Å². The zero-order valence-corrected chi connectivity index (χ0v) is 47.9. The van der Waals surface area contributed by atoms with Crippen LogP contribution in [0.2, 0.25) is 0 Å². The van der Waals surface area contributed by atoms with Crippen molar-refractivity contribution >= 4 is 20.2 Å². The molecule has 1 spiro atoms. The first-order chi connectivity index (χ1) is 40.1. The molecule has 0 amide bonds. The van der Waals surface area contributed by atoms with Gasteiger partial charge >= 0.3 is 0 Å². The molecule has 2 N–H and O–H groups in total. The topological polar surface area (TPSA) is 109 Å². The van der Waals surface area contributed by atoms with Gasteiger partial charge in [-0.25, -0.2) is 35.1 Å². The number of unbranched alkanes of at least 4 members (excludes halogenated alkanes) is 10. The lowest BCUT2D eigenvalue weighted by Gasteiger charge is -2.33. The summed E-state index contributed by atoms with van der Waals surface area (Å²) >= 11 is 0. The predicted octanol–water partition coefficient (Wildman–Crippen LogP) is 18.3. The Morgan fingerprint density at radius 2 is 0.655 bits per heavy atom. The van der Waals surface area contributed by atoms with E-state index in [1.807, 2.05) is 43.3 Å². The number of aryl methyl sites for hydroxylation is 1. The summed E-state index contributed by atoms with van der Waals surface area (Å²) in [6.07, 6.45) is 9.03. The summed E-state index contributed by atoms with van der Waals surface area (Å²) < 4.78 is 195. The summed E-state index contributed by atoms with van der Waals surface area (Å²) in [5, 5.41) is 0. The molecule has 0 aliphatic heterocycles. The van der Waals surface area contributed by atoms with Crippen molar-refractivity contribution in [3.63, 3.8) is 0 Å². The number of halogens is 8. The van der Waals surface area contributed by atoms with Crippen molar-refractivity contribution < 1.29 is 61.1 Å². The van der Waals surface area contributed by atoms with E-state index in [1.54, 1.807) is 48.5 Å². The highest BCUT2D eigenvalue weighted by atomic mass is 32.2. The van der Waals surface area contributed by atoms with E-state index in [0.29, 0.717) is 95.9 Å². The van der Waals surface area contributed by atoms with Gasteiger partial charge in [0.25, 0.3) is 20.2 Å². The summed E-state index contributed by atoms with van der Waals surface area (Å²) in [5.41, 5.74) is 3.09. The third-order valence-electron chi connectivity index (χ3n) is 17.7. The van der Waals surface area contributed by atoms with Gasteiger partial charge in [-0.1, -0.05) is 173 Å². The minimum Gasteiger partial charge on any atom is -0.286 e. The van der Waals surface area contributed by atoms with Crippen LogP contribution in [0.5, 0.6) is 0 Å². The molecule has 16 heteroatoms. The first kappa shape index (κ1) is 58.8. The Balaban J connectivity index is 0.991. The van der Waals surface area contributed by atoms with Gasteiger partial charge in [0.1, 0.15) is 0 Å². The quantitative estimate of drug-likeness (QED) is 0.0321. The lowest BCUT2D eigenvalue weighted by atomic mass is 9.70. The number of benzene rings is 8. The van der Waals surface area contributed by atoms with Crippen LogP contribution in [0, 0.1) is 60.4 Å². The molecule has 84 heavy (non-hydrogen) atoms. The molecule has 3 aliphatic rings. The van der Waals surface area contributed by atoms with Crippen LogP contribution in [0.25, 0.3) is 66.8 Å². The summed E-state index contributed by atoms with van der Waals surface area (Å²) in [7, 11) is -8.15. The summed E-state index contributed by atoms with van der Waals surface area (Å²) in [4.78, 5) is 0. The molecule has 0 saturated heterocycles. The minimum atomic E-state index is -4.07. The predicted molar refractivity (Wildman–Crippen MR) is 312 cm³/mol. The van der Waals surface area contributed by atoms with Crippen LogP contribution in [0.4, 0.5) is 35.1 Å². The Labute approximate surface area is 484 Å². The average Bonchev–Trinajstić information content (AvgIpc) is 1.57. The third-order valence-corrected chi connectivity index (χ3v) is 19.3. The molecule has 8 aromatic carbocycles. The zero-order chi connectivity index (χ0) is 59.6. The van der Waals surface area contributed by atoms with Crippen LogP contribution in [-0.2, 0) is 31.1 Å². The van der Waals surface area contributed by atoms with E-state index in [1.165, 1.54) is 30.3 Å². The van der Waals surface area contributed by atoms with Gasteiger partial charge in [0.2, 0.25) is 0 Å². The van der Waals surface area contributed by atoms with Crippen molar-refractivity contribution in [3.8, 4) is 66.8 Å². The highest BCUT2D eigenvalue weighted by Crippen LogP contribution is 2.64. The average molecular weight is 1190 g/mol. The maximum atomic E-state index is 17.4. The number of hydrogen-bond acceptors (Lipinski definition) is 4. The molecule has 1 unspecified atom stereocenters. The fourth-order valence-electron chi connectivity index (χ4n) is 13.8. The highest BCUT2D eigenvalue weighted by Gasteiger charge is 2.52. The van der Waals surface area contributed by atoms with E-state index in [0.717, 1.165) is 73.3 Å². The van der Waals surface area contributed by atoms with Crippen LogP contribution in [-0.4, -0.2) is 37.4 Å². The maximum Gasteiger partial charge on any atom is 0.264 e. The molecule has 436 valence electrons. The lowest BCUT2D eigenvalue weighted by Crippen LogP contribution is -2.26. The molecule has 0 bridgehead atoms. The highest BCUT2D eigenvalue weighted by molar-refractivity contribution is 7.86. The number of hydrogen-bond donors (Lipinski definition) is 2. The second-order valence-corrected chi connectivity index (χ2v) is 26.0. The minimum absolute atomic E-state index is 0.0841. The Hall–Kier alpha value is -6.98. The van der Waals surface area contributed by atoms with Gasteiger partial charge in [0.05, 0.1) is 33.6 Å². The van der Waals surface area contributed by atoms with E-state index >= 15 is 35.1 Å². The fourth-order valence-corrected chi connectivity index (χ4v) is 15.0. The molecule has 8 aromatic rings. The van der Waals surface area contributed by atoms with Crippen molar-refractivity contribution in [1.29, 1.82) is 0 Å². The first-order valence-electron chi connectivity index (χ1n) is 28.4. The Morgan fingerprint density at radius 1 is 0.345 bits per heavy atom. The molecule has 0 fully saturated rings. The van der Waals surface area contributed by atoms with Crippen LogP contribution in [0.3, 0.4) is 0 Å². The van der Waals surface area contributed by atoms with Gasteiger partial charge in [-0.05, 0) is 141 Å². The lowest BCUT2D eigenvalue weighted by molar-refractivity contribution is 0.397. The standard InChI is InChI=1S/C68H60F8O6S2/c1-39-23-27-46-47-28-24-41(36-53(47)67(52(46)35-39,31-15-7-3-5-9-17-33-83(77,78)79)32-16-8-4-6-10-18-34-84(80,81)82)57-63(73)65(75)58(66(76)64(57)74)43-26-30-49-45-20-12-14-22-51(45)68(55(49)38-43)50-21-13-11-19-44(50)48-29-25-42(37-54(48)68)56-61(71)59(69)40(2)60(70)62(56)72/h11-14,19-30,35-38H,3-10,15-18,31-34H2,1-2H3,(H,77,78,79)(H,80,81,82). The van der Waals surface area contributed by atoms with E-state index in [2.05, 4.69) is 6.07 Å². The second kappa shape index (κ2) is 22.8. The van der Waals surface area contributed by atoms with Crippen molar-refractivity contribution in [1.82, 2.24) is 0 Å². The molecule has 0 heterocycles. The molecule has 1 atom stereocenters. The first-order valence-corrected chi connectivity index (χ1v) is 31.7. The molecule has 11 rings (SSSR count).